The van der Waals surface area contributed by atoms with Crippen LogP contribution in [0.1, 0.15) is 16.7 Å². The monoisotopic (exact) mass is 232 g/mol. The lowest BCUT2D eigenvalue weighted by Gasteiger charge is -2.05. The standard InChI is InChI=1S/C12H12N2O3/c1-6-3-8(4-7(2)10(6)15)5-9-11(16)14-12(17)13-9/h3-5,15H,1-2H3,(H2,13,14,16,17)/b9-5+. The van der Waals surface area contributed by atoms with E-state index >= 15 is 0 Å². The van der Waals surface area contributed by atoms with Crippen LogP contribution in [-0.4, -0.2) is 17.0 Å². The Labute approximate surface area is 98.1 Å². The summed E-state index contributed by atoms with van der Waals surface area (Å²) in [6.07, 6.45) is 1.57. The Morgan fingerprint density at radius 3 is 2.18 bits per heavy atom. The lowest BCUT2D eigenvalue weighted by molar-refractivity contribution is -0.115. The highest BCUT2D eigenvalue weighted by Crippen LogP contribution is 2.24. The molecule has 0 aromatic heterocycles. The Bertz CT molecular complexity index is 524. The molecule has 1 aromatic rings. The van der Waals surface area contributed by atoms with Crippen LogP contribution in [0.5, 0.6) is 5.75 Å². The number of hydrogen-bond acceptors (Lipinski definition) is 3. The highest BCUT2D eigenvalue weighted by atomic mass is 16.3. The topological polar surface area (TPSA) is 78.4 Å². The van der Waals surface area contributed by atoms with Gasteiger partial charge in [-0.15, -0.1) is 0 Å². The number of nitrogens with one attached hydrogen (secondary N) is 2. The van der Waals surface area contributed by atoms with Crippen LogP contribution in [0.15, 0.2) is 17.8 Å². The van der Waals surface area contributed by atoms with Gasteiger partial charge >= 0.3 is 6.03 Å². The second-order valence-corrected chi connectivity index (χ2v) is 3.97. The lowest BCUT2D eigenvalue weighted by Crippen LogP contribution is -2.22. The van der Waals surface area contributed by atoms with Gasteiger partial charge in [0.15, 0.2) is 0 Å². The molecule has 5 heteroatoms. The Morgan fingerprint density at radius 2 is 1.71 bits per heavy atom. The Morgan fingerprint density at radius 1 is 1.12 bits per heavy atom. The number of phenolic OH excluding ortho intramolecular Hbond substituents is 1. The van der Waals surface area contributed by atoms with Gasteiger partial charge in [-0.3, -0.25) is 10.1 Å². The zero-order valence-corrected chi connectivity index (χ0v) is 9.50. The second kappa shape index (κ2) is 3.93. The van der Waals surface area contributed by atoms with Crippen molar-refractivity contribution < 1.29 is 14.7 Å². The molecule has 5 nitrogen and oxygen atoms in total. The molecule has 17 heavy (non-hydrogen) atoms. The summed E-state index contributed by atoms with van der Waals surface area (Å²) in [5.74, 6) is -0.203. The fourth-order valence-corrected chi connectivity index (χ4v) is 1.72. The van der Waals surface area contributed by atoms with Crippen molar-refractivity contribution in [3.05, 3.63) is 34.5 Å². The molecule has 1 saturated heterocycles. The van der Waals surface area contributed by atoms with Crippen molar-refractivity contribution in [2.45, 2.75) is 13.8 Å². The van der Waals surface area contributed by atoms with Gasteiger partial charge in [0.1, 0.15) is 11.4 Å². The zero-order chi connectivity index (χ0) is 12.6. The molecule has 0 aliphatic carbocycles. The normalized spacial score (nSPS) is 17.2. The van der Waals surface area contributed by atoms with Crippen LogP contribution in [-0.2, 0) is 4.79 Å². The summed E-state index contributed by atoms with van der Waals surface area (Å²) in [6, 6.07) is 2.97. The number of rotatable bonds is 1. The number of phenols is 1. The molecular formula is C12H12N2O3. The molecule has 0 unspecified atom stereocenters. The summed E-state index contributed by atoms with van der Waals surface area (Å²) < 4.78 is 0. The van der Waals surface area contributed by atoms with Crippen molar-refractivity contribution >= 4 is 18.0 Å². The number of amides is 3. The number of imide groups is 1. The van der Waals surface area contributed by atoms with Gasteiger partial charge in [-0.05, 0) is 48.7 Å². The number of aryl methyl sites for hydroxylation is 2. The molecule has 0 spiro atoms. The van der Waals surface area contributed by atoms with Crippen LogP contribution in [0.4, 0.5) is 4.79 Å². The number of aromatic hydroxyl groups is 1. The molecule has 0 saturated carbocycles. The number of hydrogen-bond donors (Lipinski definition) is 3. The van der Waals surface area contributed by atoms with Gasteiger partial charge in [-0.1, -0.05) is 0 Å². The number of benzene rings is 1. The van der Waals surface area contributed by atoms with E-state index in [9.17, 15) is 14.7 Å². The molecule has 1 aromatic carbocycles. The third-order valence-corrected chi connectivity index (χ3v) is 2.54. The van der Waals surface area contributed by atoms with E-state index in [-0.39, 0.29) is 11.4 Å². The Balaban J connectivity index is 2.40. The summed E-state index contributed by atoms with van der Waals surface area (Å²) in [5.41, 5.74) is 2.41. The first-order valence-electron chi connectivity index (χ1n) is 5.11. The lowest BCUT2D eigenvalue weighted by atomic mass is 10.0. The molecule has 1 heterocycles. The maximum atomic E-state index is 11.3. The maximum absolute atomic E-state index is 11.3. The largest absolute Gasteiger partial charge is 0.507 e. The average Bonchev–Trinajstić information content (AvgIpc) is 2.54. The van der Waals surface area contributed by atoms with Gasteiger partial charge in [-0.2, -0.15) is 0 Å². The predicted octanol–water partition coefficient (Wildman–Crippen LogP) is 1.19. The molecule has 3 N–H and O–H groups in total. The van der Waals surface area contributed by atoms with Crippen molar-refractivity contribution in [1.29, 1.82) is 0 Å². The quantitative estimate of drug-likeness (QED) is 0.502. The minimum Gasteiger partial charge on any atom is -0.507 e. The van der Waals surface area contributed by atoms with Gasteiger partial charge in [0.25, 0.3) is 5.91 Å². The van der Waals surface area contributed by atoms with Crippen LogP contribution in [0, 0.1) is 13.8 Å². The molecular weight excluding hydrogens is 220 g/mol. The molecule has 0 atom stereocenters. The fourth-order valence-electron chi connectivity index (χ4n) is 1.72. The third kappa shape index (κ3) is 2.13. The van der Waals surface area contributed by atoms with E-state index in [4.69, 9.17) is 0 Å². The van der Waals surface area contributed by atoms with Gasteiger partial charge in [0, 0.05) is 0 Å². The van der Waals surface area contributed by atoms with Gasteiger partial charge < -0.3 is 10.4 Å². The Hall–Kier alpha value is -2.30. The molecule has 1 aliphatic heterocycles. The zero-order valence-electron chi connectivity index (χ0n) is 9.50. The van der Waals surface area contributed by atoms with Crippen LogP contribution < -0.4 is 10.6 Å². The molecule has 3 amide bonds. The highest BCUT2D eigenvalue weighted by molar-refractivity contribution is 6.13. The van der Waals surface area contributed by atoms with Crippen LogP contribution >= 0.6 is 0 Å². The van der Waals surface area contributed by atoms with E-state index in [1.807, 2.05) is 0 Å². The molecule has 0 radical (unpaired) electrons. The SMILES string of the molecule is Cc1cc(/C=C2/NC(=O)NC2=O)cc(C)c1O. The summed E-state index contributed by atoms with van der Waals surface area (Å²) in [4.78, 5) is 22.2. The van der Waals surface area contributed by atoms with E-state index in [2.05, 4.69) is 10.6 Å². The first kappa shape index (κ1) is 11.2. The summed E-state index contributed by atoms with van der Waals surface area (Å²) >= 11 is 0. The van der Waals surface area contributed by atoms with Crippen LogP contribution in [0.3, 0.4) is 0 Å². The molecule has 1 fully saturated rings. The van der Waals surface area contributed by atoms with E-state index in [1.54, 1.807) is 32.1 Å². The second-order valence-electron chi connectivity index (χ2n) is 3.97. The molecule has 1 aliphatic rings. The van der Waals surface area contributed by atoms with Crippen LogP contribution in [0.25, 0.3) is 6.08 Å². The fraction of sp³-hybridized carbons (Fsp3) is 0.167. The number of urea groups is 1. The third-order valence-electron chi connectivity index (χ3n) is 2.54. The van der Waals surface area contributed by atoms with E-state index < -0.39 is 11.9 Å². The summed E-state index contributed by atoms with van der Waals surface area (Å²) in [6.45, 7) is 3.55. The van der Waals surface area contributed by atoms with E-state index in [0.29, 0.717) is 0 Å². The average molecular weight is 232 g/mol. The van der Waals surface area contributed by atoms with E-state index in [1.165, 1.54) is 0 Å². The van der Waals surface area contributed by atoms with Gasteiger partial charge in [0.05, 0.1) is 0 Å². The van der Waals surface area contributed by atoms with Crippen molar-refractivity contribution in [3.8, 4) is 5.75 Å². The minimum atomic E-state index is -0.520. The highest BCUT2D eigenvalue weighted by Gasteiger charge is 2.22. The van der Waals surface area contributed by atoms with E-state index in [0.717, 1.165) is 16.7 Å². The van der Waals surface area contributed by atoms with Crippen molar-refractivity contribution in [3.63, 3.8) is 0 Å². The molecule has 2 rings (SSSR count). The van der Waals surface area contributed by atoms with Gasteiger partial charge in [-0.25, -0.2) is 4.79 Å². The summed E-state index contributed by atoms with van der Waals surface area (Å²) in [7, 11) is 0. The smallest absolute Gasteiger partial charge is 0.326 e. The Kier molecular flexibility index (Phi) is 2.59. The first-order chi connectivity index (χ1) is 7.97. The first-order valence-corrected chi connectivity index (χ1v) is 5.11. The molecule has 88 valence electrons. The van der Waals surface area contributed by atoms with Crippen molar-refractivity contribution in [2.75, 3.05) is 0 Å². The van der Waals surface area contributed by atoms with Crippen LogP contribution in [0.2, 0.25) is 0 Å². The molecule has 0 bridgehead atoms. The number of carbonyl (C=O) groups excluding carboxylic acids is 2. The van der Waals surface area contributed by atoms with Gasteiger partial charge in [0.2, 0.25) is 0 Å². The summed E-state index contributed by atoms with van der Waals surface area (Å²) in [5, 5.41) is 14.1. The van der Waals surface area contributed by atoms with Crippen molar-refractivity contribution in [1.82, 2.24) is 10.6 Å². The minimum absolute atomic E-state index is 0.208. The maximum Gasteiger partial charge on any atom is 0.326 e. The number of carbonyl (C=O) groups is 2. The predicted molar refractivity (Wildman–Crippen MR) is 62.2 cm³/mol. The van der Waals surface area contributed by atoms with Crippen molar-refractivity contribution in [2.24, 2.45) is 0 Å².